The highest BCUT2D eigenvalue weighted by atomic mass is 79.9. The normalized spacial score (nSPS) is 16.1. The first-order valence-electron chi connectivity index (χ1n) is 8.07. The summed E-state index contributed by atoms with van der Waals surface area (Å²) in [6.07, 6.45) is 2.40. The Balaban J connectivity index is 2.47. The predicted octanol–water partition coefficient (Wildman–Crippen LogP) is 3.23. The lowest BCUT2D eigenvalue weighted by Crippen LogP contribution is -2.52. The van der Waals surface area contributed by atoms with Crippen LogP contribution in [0.25, 0.3) is 6.08 Å². The number of halogens is 1. The number of benzene rings is 1. The highest BCUT2D eigenvalue weighted by Crippen LogP contribution is 2.38. The molecule has 0 aromatic heterocycles. The molecule has 2 rings (SSSR count). The molecule has 0 unspecified atom stereocenters. The third kappa shape index (κ3) is 3.91. The van der Waals surface area contributed by atoms with Gasteiger partial charge in [-0.25, -0.2) is 0 Å². The van der Waals surface area contributed by atoms with Crippen LogP contribution in [0.15, 0.2) is 22.2 Å². The molecule has 0 bridgehead atoms. The minimum atomic E-state index is -0.437. The molecule has 0 saturated carbocycles. The molecule has 1 fully saturated rings. The van der Waals surface area contributed by atoms with Crippen LogP contribution in [0, 0.1) is 0 Å². The smallest absolute Gasteiger partial charge is 0.265 e. The molecular formula is C18H21BrN2O4S. The Labute approximate surface area is 166 Å². The summed E-state index contributed by atoms with van der Waals surface area (Å²) >= 11 is 8.57. The maximum atomic E-state index is 12.4. The number of ether oxygens (including phenoxy) is 2. The number of nitrogens with zero attached hydrogens (tertiary/aromatic N) is 2. The van der Waals surface area contributed by atoms with Gasteiger partial charge in [-0.3, -0.25) is 19.4 Å². The van der Waals surface area contributed by atoms with Crippen LogP contribution in [-0.2, 0) is 9.59 Å². The van der Waals surface area contributed by atoms with Crippen LogP contribution >= 0.6 is 28.1 Å². The van der Waals surface area contributed by atoms with Crippen LogP contribution in [-0.4, -0.2) is 54.0 Å². The average Bonchev–Trinajstić information content (AvgIpc) is 2.63. The third-order valence-electron chi connectivity index (χ3n) is 4.10. The Morgan fingerprint density at radius 2 is 1.81 bits per heavy atom. The Morgan fingerprint density at radius 3 is 2.31 bits per heavy atom. The molecule has 1 heterocycles. The number of carbonyl (C=O) groups is 2. The average molecular weight is 441 g/mol. The zero-order chi connectivity index (χ0) is 19.6. The van der Waals surface area contributed by atoms with E-state index < -0.39 is 11.8 Å². The zero-order valence-corrected chi connectivity index (χ0v) is 17.7. The summed E-state index contributed by atoms with van der Waals surface area (Å²) < 4.78 is 12.0. The molecule has 0 aliphatic carbocycles. The van der Waals surface area contributed by atoms with Crippen LogP contribution in [0.5, 0.6) is 11.5 Å². The SMILES string of the molecule is CC[C@H](C)Oc1c(Br)cc(C=C2C(=O)N(C)C(=S)N(C)C2=O)cc1OC. The number of rotatable bonds is 5. The van der Waals surface area contributed by atoms with Crippen molar-refractivity contribution in [3.05, 3.63) is 27.7 Å². The summed E-state index contributed by atoms with van der Waals surface area (Å²) in [5, 5.41) is 0.174. The van der Waals surface area contributed by atoms with Crippen molar-refractivity contribution in [2.24, 2.45) is 0 Å². The third-order valence-corrected chi connectivity index (χ3v) is 5.24. The first-order chi connectivity index (χ1) is 12.2. The van der Waals surface area contributed by atoms with Crippen molar-refractivity contribution < 1.29 is 19.1 Å². The Bertz CT molecular complexity index is 768. The molecule has 1 aromatic carbocycles. The number of thiocarbonyl (C=S) groups is 1. The number of hydrogen-bond donors (Lipinski definition) is 0. The summed E-state index contributed by atoms with van der Waals surface area (Å²) in [5.74, 6) is 0.224. The fourth-order valence-electron chi connectivity index (χ4n) is 2.36. The summed E-state index contributed by atoms with van der Waals surface area (Å²) in [4.78, 5) is 27.4. The fraction of sp³-hybridized carbons (Fsp3) is 0.389. The van der Waals surface area contributed by atoms with Crippen molar-refractivity contribution in [3.63, 3.8) is 0 Å². The lowest BCUT2D eigenvalue weighted by molar-refractivity contribution is -0.132. The molecule has 0 spiro atoms. The van der Waals surface area contributed by atoms with Gasteiger partial charge in [-0.2, -0.15) is 0 Å². The number of hydrogen-bond acceptors (Lipinski definition) is 5. The minimum absolute atomic E-state index is 0.0224. The van der Waals surface area contributed by atoms with Crippen molar-refractivity contribution in [3.8, 4) is 11.5 Å². The van der Waals surface area contributed by atoms with Gasteiger partial charge in [0.2, 0.25) is 0 Å². The lowest BCUT2D eigenvalue weighted by Gasteiger charge is -2.31. The van der Waals surface area contributed by atoms with Crippen LogP contribution < -0.4 is 9.47 Å². The van der Waals surface area contributed by atoms with Gasteiger partial charge in [-0.15, -0.1) is 0 Å². The maximum Gasteiger partial charge on any atom is 0.265 e. The summed E-state index contributed by atoms with van der Waals surface area (Å²) in [5.41, 5.74) is 0.671. The summed E-state index contributed by atoms with van der Waals surface area (Å²) in [6, 6.07) is 3.50. The first-order valence-corrected chi connectivity index (χ1v) is 9.27. The van der Waals surface area contributed by atoms with Gasteiger partial charge < -0.3 is 9.47 Å². The molecule has 1 atom stereocenters. The topological polar surface area (TPSA) is 59.1 Å². The van der Waals surface area contributed by atoms with Gasteiger partial charge >= 0.3 is 0 Å². The Morgan fingerprint density at radius 1 is 1.23 bits per heavy atom. The fourth-order valence-corrected chi connectivity index (χ4v) is 3.08. The van der Waals surface area contributed by atoms with E-state index in [4.69, 9.17) is 21.7 Å². The largest absolute Gasteiger partial charge is 0.493 e. The van der Waals surface area contributed by atoms with Gasteiger partial charge in [0.05, 0.1) is 17.7 Å². The van der Waals surface area contributed by atoms with Gasteiger partial charge in [-0.1, -0.05) is 6.92 Å². The molecule has 6 nitrogen and oxygen atoms in total. The van der Waals surface area contributed by atoms with Crippen LogP contribution in [0.1, 0.15) is 25.8 Å². The van der Waals surface area contributed by atoms with E-state index in [0.717, 1.165) is 6.42 Å². The van der Waals surface area contributed by atoms with E-state index in [1.807, 2.05) is 13.8 Å². The Kier molecular flexibility index (Phi) is 6.41. The van der Waals surface area contributed by atoms with Crippen LogP contribution in [0.2, 0.25) is 0 Å². The molecular weight excluding hydrogens is 420 g/mol. The molecule has 140 valence electrons. The van der Waals surface area contributed by atoms with Crippen LogP contribution in [0.4, 0.5) is 0 Å². The molecule has 0 radical (unpaired) electrons. The second kappa shape index (κ2) is 8.18. The molecule has 26 heavy (non-hydrogen) atoms. The van der Waals surface area contributed by atoms with Crippen molar-refractivity contribution in [2.45, 2.75) is 26.4 Å². The van der Waals surface area contributed by atoms with E-state index in [1.54, 1.807) is 33.3 Å². The second-order valence-electron chi connectivity index (χ2n) is 5.94. The standard InChI is InChI=1S/C18H21BrN2O4S/c1-6-10(2)25-15-13(19)8-11(9-14(15)24-5)7-12-16(22)20(3)18(26)21(4)17(12)23/h7-10H,6H2,1-5H3/t10-/m0/s1. The van der Waals surface area contributed by atoms with E-state index in [2.05, 4.69) is 15.9 Å². The molecule has 1 saturated heterocycles. The first kappa shape index (κ1) is 20.4. The van der Waals surface area contributed by atoms with E-state index in [0.29, 0.717) is 21.5 Å². The van der Waals surface area contributed by atoms with Gasteiger partial charge in [-0.05, 0) is 65.3 Å². The number of carbonyl (C=O) groups excluding carboxylic acids is 2. The van der Waals surface area contributed by atoms with Gasteiger partial charge in [0, 0.05) is 14.1 Å². The maximum absolute atomic E-state index is 12.4. The molecule has 8 heteroatoms. The van der Waals surface area contributed by atoms with Crippen molar-refractivity contribution in [2.75, 3.05) is 21.2 Å². The second-order valence-corrected chi connectivity index (χ2v) is 7.16. The predicted molar refractivity (Wildman–Crippen MR) is 107 cm³/mol. The molecule has 1 aliphatic rings. The number of methoxy groups -OCH3 is 1. The number of amides is 2. The summed E-state index contributed by atoms with van der Waals surface area (Å²) in [6.45, 7) is 4.00. The zero-order valence-electron chi connectivity index (χ0n) is 15.3. The van der Waals surface area contributed by atoms with Crippen molar-refractivity contribution in [1.29, 1.82) is 0 Å². The molecule has 2 amide bonds. The quantitative estimate of drug-likeness (QED) is 0.399. The van der Waals surface area contributed by atoms with Crippen molar-refractivity contribution in [1.82, 2.24) is 9.80 Å². The molecule has 0 N–H and O–H groups in total. The number of likely N-dealkylation sites (N-methyl/N-ethyl adjacent to an activating group) is 2. The molecule has 1 aromatic rings. The van der Waals surface area contributed by atoms with E-state index in [-0.39, 0.29) is 16.8 Å². The van der Waals surface area contributed by atoms with Crippen LogP contribution in [0.3, 0.4) is 0 Å². The highest BCUT2D eigenvalue weighted by molar-refractivity contribution is 9.10. The van der Waals surface area contributed by atoms with E-state index >= 15 is 0 Å². The van der Waals surface area contributed by atoms with Gasteiger partial charge in [0.1, 0.15) is 5.57 Å². The monoisotopic (exact) mass is 440 g/mol. The summed E-state index contributed by atoms with van der Waals surface area (Å²) in [7, 11) is 4.63. The van der Waals surface area contributed by atoms with Gasteiger partial charge in [0.15, 0.2) is 16.6 Å². The Hall–Kier alpha value is -1.93. The molecule has 1 aliphatic heterocycles. The van der Waals surface area contributed by atoms with E-state index in [1.165, 1.54) is 15.9 Å². The van der Waals surface area contributed by atoms with E-state index in [9.17, 15) is 9.59 Å². The van der Waals surface area contributed by atoms with Crippen molar-refractivity contribution >= 4 is 51.2 Å². The lowest BCUT2D eigenvalue weighted by atomic mass is 10.1. The highest BCUT2D eigenvalue weighted by Gasteiger charge is 2.35. The minimum Gasteiger partial charge on any atom is -0.493 e. The van der Waals surface area contributed by atoms with Gasteiger partial charge in [0.25, 0.3) is 11.8 Å².